The van der Waals surface area contributed by atoms with Gasteiger partial charge in [-0.25, -0.2) is 4.79 Å². The summed E-state index contributed by atoms with van der Waals surface area (Å²) in [7, 11) is 0. The Hall–Kier alpha value is -3.02. The number of ketones is 1. The van der Waals surface area contributed by atoms with Crippen LogP contribution in [0, 0.1) is 0 Å². The summed E-state index contributed by atoms with van der Waals surface area (Å²) in [5, 5.41) is 0. The van der Waals surface area contributed by atoms with Crippen LogP contribution >= 0.6 is 0 Å². The molecule has 3 rings (SSSR count). The lowest BCUT2D eigenvalue weighted by molar-refractivity contribution is -0.158. The maximum Gasteiger partial charge on any atom is 0.351 e. The lowest BCUT2D eigenvalue weighted by atomic mass is 10.1. The van der Waals surface area contributed by atoms with Crippen LogP contribution in [0.1, 0.15) is 24.2 Å². The standard InChI is InChI=1S/C20H20O6/c1-13(21)15-7-3-4-8-16(15)23-11-12-24-20(22)19-14(2)25-17-9-5-6-10-18(17)26-19/h3-10,14,19H,11-12H2,1-2H3/t14-,19+/m1/s1. The minimum atomic E-state index is -0.839. The highest BCUT2D eigenvalue weighted by atomic mass is 16.6. The van der Waals surface area contributed by atoms with Gasteiger partial charge in [0.1, 0.15) is 25.1 Å². The molecule has 6 nitrogen and oxygen atoms in total. The molecule has 1 aliphatic heterocycles. The molecular formula is C20H20O6. The molecule has 26 heavy (non-hydrogen) atoms. The average Bonchev–Trinajstić information content (AvgIpc) is 2.64. The molecule has 0 fully saturated rings. The zero-order valence-electron chi connectivity index (χ0n) is 14.6. The van der Waals surface area contributed by atoms with Gasteiger partial charge in [-0.3, -0.25) is 4.79 Å². The topological polar surface area (TPSA) is 71.1 Å². The normalized spacial score (nSPS) is 18.1. The minimum absolute atomic E-state index is 0.0410. The van der Waals surface area contributed by atoms with E-state index in [1.807, 2.05) is 6.07 Å². The summed E-state index contributed by atoms with van der Waals surface area (Å²) in [6, 6.07) is 14.1. The minimum Gasteiger partial charge on any atom is -0.489 e. The fourth-order valence-corrected chi connectivity index (χ4v) is 2.64. The number of carbonyl (C=O) groups excluding carboxylic acids is 2. The maximum atomic E-state index is 12.3. The lowest BCUT2D eigenvalue weighted by Crippen LogP contribution is -2.44. The fourth-order valence-electron chi connectivity index (χ4n) is 2.64. The molecule has 0 bridgehead atoms. The van der Waals surface area contributed by atoms with E-state index >= 15 is 0 Å². The van der Waals surface area contributed by atoms with E-state index in [4.69, 9.17) is 18.9 Å². The van der Waals surface area contributed by atoms with Crippen LogP contribution in [0.3, 0.4) is 0 Å². The molecule has 0 amide bonds. The maximum absolute atomic E-state index is 12.3. The van der Waals surface area contributed by atoms with Crippen molar-refractivity contribution in [1.82, 2.24) is 0 Å². The summed E-state index contributed by atoms with van der Waals surface area (Å²) >= 11 is 0. The number of carbonyl (C=O) groups is 2. The lowest BCUT2D eigenvalue weighted by Gasteiger charge is -2.30. The van der Waals surface area contributed by atoms with Gasteiger partial charge in [0.05, 0.1) is 5.56 Å². The molecule has 0 aliphatic carbocycles. The predicted molar refractivity (Wildman–Crippen MR) is 93.8 cm³/mol. The van der Waals surface area contributed by atoms with Crippen molar-refractivity contribution >= 4 is 11.8 Å². The first-order valence-electron chi connectivity index (χ1n) is 8.38. The quantitative estimate of drug-likeness (QED) is 0.450. The summed E-state index contributed by atoms with van der Waals surface area (Å²) in [6.07, 6.45) is -1.30. The molecule has 6 heteroatoms. The van der Waals surface area contributed by atoms with E-state index in [0.29, 0.717) is 22.8 Å². The number of ether oxygens (including phenoxy) is 4. The SMILES string of the molecule is CC(=O)c1ccccc1OCCOC(=O)[C@H]1Oc2ccccc2O[C@@H]1C. The van der Waals surface area contributed by atoms with Crippen LogP contribution in [-0.4, -0.2) is 37.2 Å². The van der Waals surface area contributed by atoms with Crippen molar-refractivity contribution < 1.29 is 28.5 Å². The van der Waals surface area contributed by atoms with E-state index in [0.717, 1.165) is 0 Å². The van der Waals surface area contributed by atoms with Gasteiger partial charge in [-0.1, -0.05) is 24.3 Å². The largest absolute Gasteiger partial charge is 0.489 e. The van der Waals surface area contributed by atoms with E-state index in [1.54, 1.807) is 49.4 Å². The highest BCUT2D eigenvalue weighted by molar-refractivity contribution is 5.96. The molecule has 0 saturated heterocycles. The van der Waals surface area contributed by atoms with Crippen LogP contribution < -0.4 is 14.2 Å². The van der Waals surface area contributed by atoms with Gasteiger partial charge in [-0.15, -0.1) is 0 Å². The Labute approximate surface area is 151 Å². The van der Waals surface area contributed by atoms with Gasteiger partial charge < -0.3 is 18.9 Å². The number of fused-ring (bicyclic) bond motifs is 1. The summed E-state index contributed by atoms with van der Waals surface area (Å²) in [5.74, 6) is 0.983. The molecule has 0 radical (unpaired) electrons. The summed E-state index contributed by atoms with van der Waals surface area (Å²) in [4.78, 5) is 23.8. The van der Waals surface area contributed by atoms with E-state index in [2.05, 4.69) is 0 Å². The van der Waals surface area contributed by atoms with Crippen molar-refractivity contribution in [1.29, 1.82) is 0 Å². The van der Waals surface area contributed by atoms with Gasteiger partial charge in [0, 0.05) is 0 Å². The fraction of sp³-hybridized carbons (Fsp3) is 0.300. The first-order chi connectivity index (χ1) is 12.6. The van der Waals surface area contributed by atoms with Crippen molar-refractivity contribution in [2.24, 2.45) is 0 Å². The molecule has 1 heterocycles. The molecule has 2 atom stereocenters. The highest BCUT2D eigenvalue weighted by Gasteiger charge is 2.35. The Bertz CT molecular complexity index is 800. The Balaban J connectivity index is 1.51. The Morgan fingerprint density at radius 1 is 0.962 bits per heavy atom. The molecule has 2 aromatic rings. The van der Waals surface area contributed by atoms with Gasteiger partial charge >= 0.3 is 5.97 Å². The Morgan fingerprint density at radius 3 is 2.35 bits per heavy atom. The van der Waals surface area contributed by atoms with Crippen LogP contribution in [0.2, 0.25) is 0 Å². The third kappa shape index (κ3) is 3.96. The van der Waals surface area contributed by atoms with Gasteiger partial charge in [0.25, 0.3) is 0 Å². The third-order valence-corrected chi connectivity index (χ3v) is 3.93. The number of rotatable bonds is 6. The van der Waals surface area contributed by atoms with Crippen molar-refractivity contribution in [2.75, 3.05) is 13.2 Å². The molecule has 2 aromatic carbocycles. The second-order valence-electron chi connectivity index (χ2n) is 5.88. The Morgan fingerprint density at radius 2 is 1.62 bits per heavy atom. The van der Waals surface area contributed by atoms with Crippen molar-refractivity contribution in [3.8, 4) is 17.2 Å². The zero-order valence-corrected chi connectivity index (χ0v) is 14.6. The number of para-hydroxylation sites is 3. The molecule has 0 spiro atoms. The molecule has 0 aromatic heterocycles. The number of benzene rings is 2. The van der Waals surface area contributed by atoms with E-state index in [9.17, 15) is 9.59 Å². The van der Waals surface area contributed by atoms with Gasteiger partial charge in [0.15, 0.2) is 17.3 Å². The summed E-state index contributed by atoms with van der Waals surface area (Å²) in [5.41, 5.74) is 0.494. The number of esters is 1. The summed E-state index contributed by atoms with van der Waals surface area (Å²) < 4.78 is 22.2. The Kier molecular flexibility index (Phi) is 5.41. The van der Waals surface area contributed by atoms with Gasteiger partial charge in [-0.2, -0.15) is 0 Å². The number of Topliss-reactive ketones (excluding diaryl/α,β-unsaturated/α-hetero) is 1. The summed E-state index contributed by atoms with van der Waals surface area (Å²) in [6.45, 7) is 3.40. The van der Waals surface area contributed by atoms with E-state index in [1.165, 1.54) is 6.92 Å². The van der Waals surface area contributed by atoms with Gasteiger partial charge in [0.2, 0.25) is 6.10 Å². The average molecular weight is 356 g/mol. The van der Waals surface area contributed by atoms with Crippen molar-refractivity contribution in [3.05, 3.63) is 54.1 Å². The monoisotopic (exact) mass is 356 g/mol. The number of hydrogen-bond acceptors (Lipinski definition) is 6. The molecule has 0 saturated carbocycles. The molecule has 1 aliphatic rings. The predicted octanol–water partition coefficient (Wildman–Crippen LogP) is 3.04. The third-order valence-electron chi connectivity index (χ3n) is 3.93. The van der Waals surface area contributed by atoms with Crippen LogP contribution in [-0.2, 0) is 9.53 Å². The van der Waals surface area contributed by atoms with Crippen LogP contribution in [0.15, 0.2) is 48.5 Å². The molecule has 136 valence electrons. The first kappa shape index (κ1) is 17.8. The van der Waals surface area contributed by atoms with Crippen LogP contribution in [0.5, 0.6) is 17.2 Å². The molecule has 0 N–H and O–H groups in total. The van der Waals surface area contributed by atoms with Gasteiger partial charge in [-0.05, 0) is 38.1 Å². The van der Waals surface area contributed by atoms with E-state index in [-0.39, 0.29) is 19.0 Å². The second kappa shape index (κ2) is 7.91. The molecule has 0 unspecified atom stereocenters. The highest BCUT2D eigenvalue weighted by Crippen LogP contribution is 2.33. The van der Waals surface area contributed by atoms with Crippen molar-refractivity contribution in [3.63, 3.8) is 0 Å². The zero-order chi connectivity index (χ0) is 18.5. The second-order valence-corrected chi connectivity index (χ2v) is 5.88. The van der Waals surface area contributed by atoms with Crippen molar-refractivity contribution in [2.45, 2.75) is 26.1 Å². The first-order valence-corrected chi connectivity index (χ1v) is 8.38. The number of hydrogen-bond donors (Lipinski definition) is 0. The molecular weight excluding hydrogens is 336 g/mol. The van der Waals surface area contributed by atoms with Crippen LogP contribution in [0.25, 0.3) is 0 Å². The van der Waals surface area contributed by atoms with E-state index < -0.39 is 18.2 Å². The van der Waals surface area contributed by atoms with Crippen LogP contribution in [0.4, 0.5) is 0 Å². The smallest absolute Gasteiger partial charge is 0.351 e.